The molecule has 2 aliphatic rings. The lowest BCUT2D eigenvalue weighted by Gasteiger charge is -2.34. The van der Waals surface area contributed by atoms with Crippen LogP contribution in [0.5, 0.6) is 0 Å². The van der Waals surface area contributed by atoms with Gasteiger partial charge in [-0.3, -0.25) is 24.1 Å². The molecular formula is C13H11N3O5. The molecule has 0 bridgehead atoms. The van der Waals surface area contributed by atoms with Gasteiger partial charge in [-0.05, 0) is 12.1 Å². The molecule has 108 valence electrons. The summed E-state index contributed by atoms with van der Waals surface area (Å²) in [4.78, 5) is 48.8. The van der Waals surface area contributed by atoms with Crippen LogP contribution in [0.15, 0.2) is 24.3 Å². The Morgan fingerprint density at radius 2 is 1.52 bits per heavy atom. The van der Waals surface area contributed by atoms with Gasteiger partial charge >= 0.3 is 0 Å². The van der Waals surface area contributed by atoms with Crippen LogP contribution in [0, 0.1) is 0 Å². The first-order valence-electron chi connectivity index (χ1n) is 6.21. The average Bonchev–Trinajstić information content (AvgIpc) is 2.73. The maximum atomic E-state index is 12.3. The standard InChI is InChI=1S/C13H11N3O5/c14-16-12(20)8(5-9(17)13(16)21)15-10(18)6-3-1-2-4-7(6)11(15)19/h1-4,8-9,17H,5,14H2. The molecule has 2 heterocycles. The van der Waals surface area contributed by atoms with Crippen molar-refractivity contribution in [2.24, 2.45) is 5.84 Å². The number of nitrogens with zero attached hydrogens (tertiary/aromatic N) is 2. The van der Waals surface area contributed by atoms with Gasteiger partial charge in [0.05, 0.1) is 11.1 Å². The molecular weight excluding hydrogens is 278 g/mol. The molecule has 0 spiro atoms. The summed E-state index contributed by atoms with van der Waals surface area (Å²) in [6, 6.07) is 4.87. The Labute approximate surface area is 118 Å². The zero-order valence-electron chi connectivity index (χ0n) is 10.7. The molecule has 0 saturated carbocycles. The number of hydrazine groups is 1. The smallest absolute Gasteiger partial charge is 0.272 e. The number of nitrogens with two attached hydrogens (primary N) is 1. The number of aliphatic hydroxyl groups excluding tert-OH is 1. The van der Waals surface area contributed by atoms with E-state index in [9.17, 15) is 24.3 Å². The van der Waals surface area contributed by atoms with Crippen molar-refractivity contribution in [3.8, 4) is 0 Å². The molecule has 8 heteroatoms. The number of imide groups is 2. The second-order valence-corrected chi connectivity index (χ2v) is 4.84. The van der Waals surface area contributed by atoms with Crippen LogP contribution in [0.3, 0.4) is 0 Å². The van der Waals surface area contributed by atoms with Crippen LogP contribution in [-0.2, 0) is 9.59 Å². The van der Waals surface area contributed by atoms with Crippen LogP contribution < -0.4 is 5.84 Å². The molecule has 3 rings (SSSR count). The van der Waals surface area contributed by atoms with Gasteiger partial charge in [0.1, 0.15) is 12.1 Å². The molecule has 1 aromatic rings. The quantitative estimate of drug-likeness (QED) is 0.374. The molecule has 8 nitrogen and oxygen atoms in total. The number of carbonyl (C=O) groups excluding carboxylic acids is 4. The summed E-state index contributed by atoms with van der Waals surface area (Å²) in [6.45, 7) is 0. The first-order valence-corrected chi connectivity index (χ1v) is 6.21. The molecule has 1 fully saturated rings. The summed E-state index contributed by atoms with van der Waals surface area (Å²) in [5, 5.41) is 9.87. The molecule has 1 saturated heterocycles. The lowest BCUT2D eigenvalue weighted by atomic mass is 10.0. The fourth-order valence-corrected chi connectivity index (χ4v) is 2.55. The van der Waals surface area contributed by atoms with Crippen molar-refractivity contribution in [2.75, 3.05) is 0 Å². The third kappa shape index (κ3) is 1.77. The van der Waals surface area contributed by atoms with Crippen molar-refractivity contribution < 1.29 is 24.3 Å². The van der Waals surface area contributed by atoms with Gasteiger partial charge in [-0.15, -0.1) is 0 Å². The predicted octanol–water partition coefficient (Wildman–Crippen LogP) is -1.36. The number of hydrogen-bond acceptors (Lipinski definition) is 6. The molecule has 1 aromatic carbocycles. The molecule has 3 N–H and O–H groups in total. The largest absolute Gasteiger partial charge is 0.383 e. The Morgan fingerprint density at radius 1 is 1.00 bits per heavy atom. The summed E-state index contributed by atoms with van der Waals surface area (Å²) in [5.74, 6) is 2.18. The van der Waals surface area contributed by atoms with E-state index in [0.717, 1.165) is 4.90 Å². The predicted molar refractivity (Wildman–Crippen MR) is 67.4 cm³/mol. The minimum Gasteiger partial charge on any atom is -0.383 e. The zero-order chi connectivity index (χ0) is 15.3. The normalized spacial score (nSPS) is 25.6. The Morgan fingerprint density at radius 3 is 2.05 bits per heavy atom. The second-order valence-electron chi connectivity index (χ2n) is 4.84. The number of fused-ring (bicyclic) bond motifs is 1. The van der Waals surface area contributed by atoms with Gasteiger partial charge in [0, 0.05) is 6.42 Å². The Hall–Kier alpha value is -2.58. The lowest BCUT2D eigenvalue weighted by molar-refractivity contribution is -0.160. The van der Waals surface area contributed by atoms with Crippen LogP contribution in [0.25, 0.3) is 0 Å². The summed E-state index contributed by atoms with van der Waals surface area (Å²) < 4.78 is 0. The molecule has 2 atom stereocenters. The van der Waals surface area contributed by atoms with Crippen molar-refractivity contribution in [2.45, 2.75) is 18.6 Å². The van der Waals surface area contributed by atoms with Gasteiger partial charge < -0.3 is 5.11 Å². The highest BCUT2D eigenvalue weighted by Gasteiger charge is 2.48. The van der Waals surface area contributed by atoms with Crippen LogP contribution >= 0.6 is 0 Å². The lowest BCUT2D eigenvalue weighted by Crippen LogP contribution is -2.62. The number of rotatable bonds is 1. The van der Waals surface area contributed by atoms with E-state index in [1.807, 2.05) is 0 Å². The maximum Gasteiger partial charge on any atom is 0.272 e. The zero-order valence-corrected chi connectivity index (χ0v) is 10.7. The van der Waals surface area contributed by atoms with E-state index in [2.05, 4.69) is 0 Å². The summed E-state index contributed by atoms with van der Waals surface area (Å²) in [7, 11) is 0. The van der Waals surface area contributed by atoms with E-state index in [-0.39, 0.29) is 22.6 Å². The SMILES string of the molecule is NN1C(=O)C(O)CC(N2C(=O)c3ccccc3C2=O)C1=O. The highest BCUT2D eigenvalue weighted by molar-refractivity contribution is 6.23. The van der Waals surface area contributed by atoms with Crippen LogP contribution in [0.1, 0.15) is 27.1 Å². The number of hydrogen-bond donors (Lipinski definition) is 2. The third-order valence-corrected chi connectivity index (χ3v) is 3.63. The molecule has 0 aliphatic carbocycles. The number of amides is 4. The monoisotopic (exact) mass is 289 g/mol. The summed E-state index contributed by atoms with van der Waals surface area (Å²) in [6.07, 6.45) is -1.88. The minimum atomic E-state index is -1.53. The number of carbonyl (C=O) groups is 4. The summed E-state index contributed by atoms with van der Waals surface area (Å²) in [5.41, 5.74) is 0.371. The fraction of sp³-hybridized carbons (Fsp3) is 0.231. The third-order valence-electron chi connectivity index (χ3n) is 3.63. The van der Waals surface area contributed by atoms with E-state index >= 15 is 0 Å². The van der Waals surface area contributed by atoms with Crippen molar-refractivity contribution in [3.05, 3.63) is 35.4 Å². The van der Waals surface area contributed by atoms with E-state index in [0.29, 0.717) is 0 Å². The number of benzene rings is 1. The van der Waals surface area contributed by atoms with E-state index in [4.69, 9.17) is 5.84 Å². The first-order chi connectivity index (χ1) is 9.93. The van der Waals surface area contributed by atoms with Gasteiger partial charge in [-0.1, -0.05) is 12.1 Å². The van der Waals surface area contributed by atoms with E-state index < -0.39 is 35.8 Å². The fourth-order valence-electron chi connectivity index (χ4n) is 2.55. The van der Waals surface area contributed by atoms with Gasteiger partial charge in [0.25, 0.3) is 23.6 Å². The maximum absolute atomic E-state index is 12.3. The Balaban J connectivity index is 1.99. The van der Waals surface area contributed by atoms with Gasteiger partial charge in [-0.25, -0.2) is 10.9 Å². The second kappa shape index (κ2) is 4.47. The van der Waals surface area contributed by atoms with Crippen molar-refractivity contribution in [3.63, 3.8) is 0 Å². The first kappa shape index (κ1) is 13.4. The van der Waals surface area contributed by atoms with E-state index in [1.165, 1.54) is 12.1 Å². The van der Waals surface area contributed by atoms with Crippen molar-refractivity contribution in [1.29, 1.82) is 0 Å². The molecule has 4 amide bonds. The molecule has 21 heavy (non-hydrogen) atoms. The highest BCUT2D eigenvalue weighted by Crippen LogP contribution is 2.28. The van der Waals surface area contributed by atoms with Crippen LogP contribution in [-0.4, -0.2) is 50.8 Å². The van der Waals surface area contributed by atoms with E-state index in [1.54, 1.807) is 12.1 Å². The van der Waals surface area contributed by atoms with Crippen LogP contribution in [0.2, 0.25) is 0 Å². The average molecular weight is 289 g/mol. The van der Waals surface area contributed by atoms with Crippen LogP contribution in [0.4, 0.5) is 0 Å². The van der Waals surface area contributed by atoms with Crippen molar-refractivity contribution >= 4 is 23.6 Å². The Kier molecular flexibility index (Phi) is 2.85. The van der Waals surface area contributed by atoms with Gasteiger partial charge in [0.2, 0.25) is 0 Å². The molecule has 0 radical (unpaired) electrons. The Bertz CT molecular complexity index is 651. The molecule has 2 aliphatic heterocycles. The highest BCUT2D eigenvalue weighted by atomic mass is 16.3. The molecule has 2 unspecified atom stereocenters. The van der Waals surface area contributed by atoms with Gasteiger partial charge in [-0.2, -0.15) is 0 Å². The summed E-state index contributed by atoms with van der Waals surface area (Å²) >= 11 is 0. The van der Waals surface area contributed by atoms with Crippen molar-refractivity contribution in [1.82, 2.24) is 9.91 Å². The van der Waals surface area contributed by atoms with Gasteiger partial charge in [0.15, 0.2) is 0 Å². The topological polar surface area (TPSA) is 121 Å². The molecule has 0 aromatic heterocycles. The number of aliphatic hydroxyl groups is 1. The minimum absolute atomic E-state index is 0.185. The number of piperidine rings is 1.